The van der Waals surface area contributed by atoms with Crippen molar-refractivity contribution < 1.29 is 31.1 Å². The number of halogens is 6. The SMILES string of the molecule is NC(CC(=O)N1C2CCC1c1ncc(C(F)(F)F)n1C2)Cc1cc(F)c(F)cc1F. The minimum atomic E-state index is -4.53. The van der Waals surface area contributed by atoms with Crippen molar-refractivity contribution in [3.05, 3.63) is 52.9 Å². The number of imidazole rings is 1. The lowest BCUT2D eigenvalue weighted by molar-refractivity contribution is -0.145. The van der Waals surface area contributed by atoms with Gasteiger partial charge in [-0.25, -0.2) is 18.2 Å². The molecule has 30 heavy (non-hydrogen) atoms. The van der Waals surface area contributed by atoms with Crippen LogP contribution in [0.2, 0.25) is 0 Å². The van der Waals surface area contributed by atoms with Crippen LogP contribution in [0.25, 0.3) is 0 Å². The second-order valence-corrected chi connectivity index (χ2v) is 7.68. The lowest BCUT2D eigenvalue weighted by Crippen LogP contribution is -2.46. The van der Waals surface area contributed by atoms with Crippen LogP contribution in [0.15, 0.2) is 18.3 Å². The normalized spacial score (nSPS) is 21.6. The van der Waals surface area contributed by atoms with Gasteiger partial charge in [0.2, 0.25) is 5.91 Å². The smallest absolute Gasteiger partial charge is 0.328 e. The molecular formula is C19H18F6N4O. The highest BCUT2D eigenvalue weighted by Crippen LogP contribution is 2.43. The van der Waals surface area contributed by atoms with Crippen LogP contribution in [0.4, 0.5) is 26.3 Å². The molecule has 0 aliphatic carbocycles. The van der Waals surface area contributed by atoms with E-state index in [1.165, 1.54) is 4.90 Å². The van der Waals surface area contributed by atoms with E-state index in [1.54, 1.807) is 0 Å². The number of benzene rings is 1. The van der Waals surface area contributed by atoms with Crippen molar-refractivity contribution in [2.75, 3.05) is 0 Å². The zero-order valence-corrected chi connectivity index (χ0v) is 15.6. The Morgan fingerprint density at radius 1 is 1.17 bits per heavy atom. The van der Waals surface area contributed by atoms with Gasteiger partial charge in [0.05, 0.1) is 18.3 Å². The number of fused-ring (bicyclic) bond motifs is 4. The zero-order chi connectivity index (χ0) is 21.8. The molecule has 0 radical (unpaired) electrons. The molecule has 11 heteroatoms. The van der Waals surface area contributed by atoms with Gasteiger partial charge in [0.1, 0.15) is 17.3 Å². The molecule has 1 amide bonds. The lowest BCUT2D eigenvalue weighted by atomic mass is 10.0. The van der Waals surface area contributed by atoms with E-state index in [2.05, 4.69) is 4.98 Å². The maximum Gasteiger partial charge on any atom is 0.433 e. The predicted molar refractivity (Wildman–Crippen MR) is 92.5 cm³/mol. The van der Waals surface area contributed by atoms with Crippen LogP contribution in [-0.4, -0.2) is 32.4 Å². The number of carbonyl (C=O) groups is 1. The van der Waals surface area contributed by atoms with Gasteiger partial charge in [0.25, 0.3) is 0 Å². The number of rotatable bonds is 4. The van der Waals surface area contributed by atoms with Gasteiger partial charge >= 0.3 is 6.18 Å². The van der Waals surface area contributed by atoms with Crippen molar-refractivity contribution in [1.29, 1.82) is 0 Å². The number of aromatic nitrogens is 2. The topological polar surface area (TPSA) is 64.2 Å². The Hall–Kier alpha value is -2.56. The quantitative estimate of drug-likeness (QED) is 0.596. The van der Waals surface area contributed by atoms with Crippen molar-refractivity contribution in [3.8, 4) is 0 Å². The zero-order valence-electron chi connectivity index (χ0n) is 15.6. The molecule has 2 aliphatic heterocycles. The summed E-state index contributed by atoms with van der Waals surface area (Å²) in [5, 5.41) is 0. The van der Waals surface area contributed by atoms with Gasteiger partial charge in [-0.05, 0) is 30.9 Å². The third-order valence-electron chi connectivity index (χ3n) is 5.67. The molecule has 2 aromatic rings. The number of alkyl halides is 3. The van der Waals surface area contributed by atoms with Gasteiger partial charge in [-0.2, -0.15) is 13.2 Å². The molecule has 3 heterocycles. The second-order valence-electron chi connectivity index (χ2n) is 7.68. The van der Waals surface area contributed by atoms with E-state index in [4.69, 9.17) is 5.73 Å². The van der Waals surface area contributed by atoms with E-state index in [-0.39, 0.29) is 36.7 Å². The number of carbonyl (C=O) groups excluding carboxylic acids is 1. The summed E-state index contributed by atoms with van der Waals surface area (Å²) in [7, 11) is 0. The Morgan fingerprint density at radius 2 is 1.87 bits per heavy atom. The van der Waals surface area contributed by atoms with E-state index >= 15 is 0 Å². The molecule has 2 aliphatic rings. The number of nitrogens with zero attached hydrogens (tertiary/aromatic N) is 3. The largest absolute Gasteiger partial charge is 0.433 e. The summed E-state index contributed by atoms with van der Waals surface area (Å²) in [5.41, 5.74) is 4.95. The highest BCUT2D eigenvalue weighted by molar-refractivity contribution is 5.78. The molecule has 2 N–H and O–H groups in total. The average molecular weight is 432 g/mol. The van der Waals surface area contributed by atoms with E-state index in [0.717, 1.165) is 10.8 Å². The van der Waals surface area contributed by atoms with Crippen molar-refractivity contribution >= 4 is 5.91 Å². The summed E-state index contributed by atoms with van der Waals surface area (Å²) in [6.45, 7) is -0.0144. The molecule has 5 nitrogen and oxygen atoms in total. The van der Waals surface area contributed by atoms with Crippen LogP contribution < -0.4 is 5.73 Å². The molecule has 0 spiro atoms. The summed E-state index contributed by atoms with van der Waals surface area (Å²) in [5.74, 6) is -3.70. The minimum Gasteiger partial charge on any atom is -0.328 e. The first-order valence-corrected chi connectivity index (χ1v) is 9.39. The number of nitrogens with two attached hydrogens (primary N) is 1. The summed E-state index contributed by atoms with van der Waals surface area (Å²) < 4.78 is 80.8. The standard InChI is InChI=1S/C19H18F6N4O/c20-12-6-14(22)13(21)4-9(12)3-10(26)5-17(30)29-11-1-2-15(29)18-27-7-16(19(23,24)25)28(18)8-11/h4,6-7,10-11,15H,1-3,5,8,26H2. The fraction of sp³-hybridized carbons (Fsp3) is 0.474. The van der Waals surface area contributed by atoms with E-state index in [1.807, 2.05) is 0 Å². The molecular weight excluding hydrogens is 414 g/mol. The first-order valence-electron chi connectivity index (χ1n) is 9.39. The van der Waals surface area contributed by atoms with E-state index < -0.39 is 47.4 Å². The summed E-state index contributed by atoms with van der Waals surface area (Å²) in [4.78, 5) is 18.2. The maximum absolute atomic E-state index is 13.8. The third kappa shape index (κ3) is 3.55. The fourth-order valence-corrected chi connectivity index (χ4v) is 4.38. The third-order valence-corrected chi connectivity index (χ3v) is 5.67. The van der Waals surface area contributed by atoms with Gasteiger partial charge < -0.3 is 15.2 Å². The highest BCUT2D eigenvalue weighted by atomic mass is 19.4. The fourth-order valence-electron chi connectivity index (χ4n) is 4.38. The Morgan fingerprint density at radius 3 is 2.57 bits per heavy atom. The molecule has 4 rings (SSSR count). The Bertz CT molecular complexity index is 988. The van der Waals surface area contributed by atoms with E-state index in [0.29, 0.717) is 25.0 Å². The van der Waals surface area contributed by atoms with Crippen molar-refractivity contribution in [2.24, 2.45) is 5.73 Å². The Balaban J connectivity index is 1.48. The van der Waals surface area contributed by atoms with Gasteiger partial charge in [-0.15, -0.1) is 0 Å². The van der Waals surface area contributed by atoms with Crippen LogP contribution in [0.5, 0.6) is 0 Å². The minimum absolute atomic E-state index is 0.0144. The molecule has 2 bridgehead atoms. The van der Waals surface area contributed by atoms with Crippen molar-refractivity contribution in [3.63, 3.8) is 0 Å². The monoisotopic (exact) mass is 432 g/mol. The number of hydrogen-bond acceptors (Lipinski definition) is 3. The Kier molecular flexibility index (Phi) is 5.03. The van der Waals surface area contributed by atoms with Crippen LogP contribution in [-0.2, 0) is 23.9 Å². The molecule has 3 atom stereocenters. The van der Waals surface area contributed by atoms with Crippen molar-refractivity contribution in [1.82, 2.24) is 14.5 Å². The molecule has 1 fully saturated rings. The van der Waals surface area contributed by atoms with Gasteiger partial charge in [0.15, 0.2) is 11.6 Å². The average Bonchev–Trinajstić information content (AvgIpc) is 3.21. The molecule has 1 saturated heterocycles. The lowest BCUT2D eigenvalue weighted by Gasteiger charge is -2.36. The number of amides is 1. The Labute approximate surface area is 167 Å². The molecule has 0 saturated carbocycles. The first-order chi connectivity index (χ1) is 14.1. The summed E-state index contributed by atoms with van der Waals surface area (Å²) in [6.07, 6.45) is -3.14. The highest BCUT2D eigenvalue weighted by Gasteiger charge is 2.47. The molecule has 1 aromatic heterocycles. The van der Waals surface area contributed by atoms with Crippen LogP contribution in [0, 0.1) is 17.5 Å². The summed E-state index contributed by atoms with van der Waals surface area (Å²) in [6, 6.07) is -0.752. The maximum atomic E-state index is 13.8. The number of hydrogen-bond donors (Lipinski definition) is 1. The van der Waals surface area contributed by atoms with Gasteiger partial charge in [0, 0.05) is 25.1 Å². The second kappa shape index (κ2) is 7.29. The van der Waals surface area contributed by atoms with Crippen LogP contribution >= 0.6 is 0 Å². The van der Waals surface area contributed by atoms with E-state index in [9.17, 15) is 31.1 Å². The van der Waals surface area contributed by atoms with Crippen molar-refractivity contribution in [2.45, 2.75) is 56.5 Å². The molecule has 162 valence electrons. The molecule has 3 unspecified atom stereocenters. The van der Waals surface area contributed by atoms with Gasteiger partial charge in [-0.3, -0.25) is 4.79 Å². The van der Waals surface area contributed by atoms with Crippen LogP contribution in [0.1, 0.15) is 42.4 Å². The predicted octanol–water partition coefficient (Wildman–Crippen LogP) is 3.33. The van der Waals surface area contributed by atoms with Gasteiger partial charge in [-0.1, -0.05) is 0 Å². The summed E-state index contributed by atoms with van der Waals surface area (Å²) >= 11 is 0. The molecule has 1 aromatic carbocycles. The van der Waals surface area contributed by atoms with Crippen LogP contribution in [0.3, 0.4) is 0 Å². The first kappa shape index (κ1) is 20.7.